The minimum atomic E-state index is -0.0216. The molecule has 0 atom stereocenters. The minimum Gasteiger partial charge on any atom is -0.456 e. The number of fused-ring (bicyclic) bond motifs is 11. The monoisotopic (exact) mass is 822 g/mol. The number of para-hydroxylation sites is 1. The first-order valence-electron chi connectivity index (χ1n) is 22.9. The molecule has 64 heavy (non-hydrogen) atoms. The third-order valence-corrected chi connectivity index (χ3v) is 14.9. The molecule has 0 N–H and O–H groups in total. The minimum absolute atomic E-state index is 0.0216. The van der Waals surface area contributed by atoms with Crippen LogP contribution in [0.5, 0.6) is 0 Å². The van der Waals surface area contributed by atoms with Gasteiger partial charge in [0.1, 0.15) is 11.2 Å². The summed E-state index contributed by atoms with van der Waals surface area (Å²) in [5, 5.41) is 2.22. The number of benzene rings is 8. The lowest BCUT2D eigenvalue weighted by molar-refractivity contribution is 0.353. The summed E-state index contributed by atoms with van der Waals surface area (Å²) in [5.74, 6) is 0.692. The molecule has 0 bridgehead atoms. The van der Waals surface area contributed by atoms with Crippen LogP contribution in [0.2, 0.25) is 0 Å². The number of hydrogen-bond donors (Lipinski definition) is 0. The van der Waals surface area contributed by atoms with Crippen LogP contribution in [0.1, 0.15) is 68.2 Å². The number of aromatic nitrogens is 2. The fourth-order valence-electron chi connectivity index (χ4n) is 11.6. The largest absolute Gasteiger partial charge is 0.456 e. The van der Waals surface area contributed by atoms with E-state index in [-0.39, 0.29) is 10.8 Å². The van der Waals surface area contributed by atoms with Crippen molar-refractivity contribution in [3.8, 4) is 78.4 Å². The second-order valence-corrected chi connectivity index (χ2v) is 18.8. The summed E-state index contributed by atoms with van der Waals surface area (Å²) in [4.78, 5) is 10.3. The fourth-order valence-corrected chi connectivity index (χ4v) is 11.6. The van der Waals surface area contributed by atoms with E-state index in [4.69, 9.17) is 14.4 Å². The summed E-state index contributed by atoms with van der Waals surface area (Å²) in [6.45, 7) is 4.80. The molecule has 3 aliphatic rings. The highest BCUT2D eigenvalue weighted by Gasteiger charge is 2.46. The van der Waals surface area contributed by atoms with Crippen LogP contribution in [0.15, 0.2) is 186 Å². The van der Waals surface area contributed by atoms with Crippen molar-refractivity contribution >= 4 is 21.9 Å². The van der Waals surface area contributed by atoms with Gasteiger partial charge < -0.3 is 4.42 Å². The van der Waals surface area contributed by atoms with Gasteiger partial charge in [0.25, 0.3) is 0 Å². The summed E-state index contributed by atoms with van der Waals surface area (Å²) in [5.41, 5.74) is 23.1. The number of furan rings is 1. The highest BCUT2D eigenvalue weighted by Crippen LogP contribution is 2.60. The molecule has 1 spiro atoms. The summed E-state index contributed by atoms with van der Waals surface area (Å²) in [6.07, 6.45) is 6.27. The molecule has 8 aromatic carbocycles. The fraction of sp³-hybridized carbons (Fsp3) is 0.148. The molecule has 0 amide bonds. The lowest BCUT2D eigenvalue weighted by atomic mass is 9.67. The van der Waals surface area contributed by atoms with Gasteiger partial charge in [-0.25, -0.2) is 9.97 Å². The molecule has 13 rings (SSSR count). The summed E-state index contributed by atoms with van der Waals surface area (Å²) >= 11 is 0. The average molecular weight is 823 g/mol. The third-order valence-electron chi connectivity index (χ3n) is 14.9. The van der Waals surface area contributed by atoms with Gasteiger partial charge in [-0.05, 0) is 134 Å². The Morgan fingerprint density at radius 3 is 1.73 bits per heavy atom. The Balaban J connectivity index is 0.881. The molecule has 0 unspecified atom stereocenters. The van der Waals surface area contributed by atoms with E-state index in [1.165, 1.54) is 87.7 Å². The highest BCUT2D eigenvalue weighted by molar-refractivity contribution is 6.06. The smallest absolute Gasteiger partial charge is 0.160 e. The van der Waals surface area contributed by atoms with Gasteiger partial charge >= 0.3 is 0 Å². The maximum atomic E-state index is 6.31. The second kappa shape index (κ2) is 14.1. The molecule has 10 aromatic rings. The standard InChI is InChI=1S/C61H46N2O/c1-60(2)51-23-9-7-21-45(51)49-36-54-50(35-52(49)60)46-27-25-42(33-53(46)61(54)29-11-4-12-30-61)40-18-13-17-39(31-40)41-19-14-20-43(32-41)55-37-56(63-59(62-55)38-15-5-3-6-16-38)44-26-28-48-47-22-8-10-24-57(47)64-58(48)34-44/h3,5-10,13-28,31-37H,4,11-12,29-30H2,1-2H3. The van der Waals surface area contributed by atoms with Gasteiger partial charge in [0.2, 0.25) is 0 Å². The Kier molecular flexibility index (Phi) is 8.18. The number of rotatable bonds is 5. The normalized spacial score (nSPS) is 15.3. The van der Waals surface area contributed by atoms with Gasteiger partial charge in [-0.1, -0.05) is 161 Å². The topological polar surface area (TPSA) is 38.9 Å². The Hall–Kier alpha value is -7.36. The molecule has 2 aromatic heterocycles. The van der Waals surface area contributed by atoms with Crippen LogP contribution in [0.3, 0.4) is 0 Å². The maximum absolute atomic E-state index is 6.31. The first kappa shape index (κ1) is 37.2. The molecule has 2 heterocycles. The Labute approximate surface area is 374 Å². The number of hydrogen-bond acceptors (Lipinski definition) is 3. The van der Waals surface area contributed by atoms with Crippen molar-refractivity contribution < 1.29 is 4.42 Å². The van der Waals surface area contributed by atoms with Crippen LogP contribution in [-0.4, -0.2) is 9.97 Å². The predicted octanol–water partition coefficient (Wildman–Crippen LogP) is 16.2. The van der Waals surface area contributed by atoms with Gasteiger partial charge in [0, 0.05) is 38.3 Å². The van der Waals surface area contributed by atoms with Crippen molar-refractivity contribution in [1.82, 2.24) is 9.97 Å². The Morgan fingerprint density at radius 2 is 0.938 bits per heavy atom. The van der Waals surface area contributed by atoms with Gasteiger partial charge in [0.05, 0.1) is 11.4 Å². The van der Waals surface area contributed by atoms with Crippen molar-refractivity contribution in [3.63, 3.8) is 0 Å². The van der Waals surface area contributed by atoms with E-state index in [0.717, 1.165) is 55.6 Å². The first-order chi connectivity index (χ1) is 31.4. The maximum Gasteiger partial charge on any atom is 0.160 e. The van der Waals surface area contributed by atoms with Crippen molar-refractivity contribution in [2.45, 2.75) is 56.8 Å². The Bertz CT molecular complexity index is 3510. The molecule has 3 aliphatic carbocycles. The molecule has 3 nitrogen and oxygen atoms in total. The average Bonchev–Trinajstić information content (AvgIpc) is 3.93. The molecule has 0 saturated heterocycles. The summed E-state index contributed by atoms with van der Waals surface area (Å²) in [7, 11) is 0. The SMILES string of the molecule is CC1(C)c2ccccc2-c2cc3c(cc21)-c1ccc(-c2cccc(-c4cccc(-c5cc(-c6ccc7c(c6)oc6ccccc67)nc(-c6ccccc6)n5)c4)c2)cc1C31CCCCC1. The lowest BCUT2D eigenvalue weighted by Gasteiger charge is -2.36. The van der Waals surface area contributed by atoms with Gasteiger partial charge in [-0.2, -0.15) is 0 Å². The van der Waals surface area contributed by atoms with E-state index >= 15 is 0 Å². The zero-order valence-electron chi connectivity index (χ0n) is 36.2. The van der Waals surface area contributed by atoms with Gasteiger partial charge in [-0.15, -0.1) is 0 Å². The lowest BCUT2D eigenvalue weighted by Crippen LogP contribution is -2.28. The Morgan fingerprint density at radius 1 is 0.375 bits per heavy atom. The molecule has 3 heteroatoms. The molecule has 0 radical (unpaired) electrons. The molecule has 1 saturated carbocycles. The van der Waals surface area contributed by atoms with Crippen LogP contribution < -0.4 is 0 Å². The quantitative estimate of drug-likeness (QED) is 0.174. The molecule has 1 fully saturated rings. The predicted molar refractivity (Wildman–Crippen MR) is 263 cm³/mol. The van der Waals surface area contributed by atoms with E-state index in [1.54, 1.807) is 5.56 Å². The van der Waals surface area contributed by atoms with Gasteiger partial charge in [-0.3, -0.25) is 0 Å². The summed E-state index contributed by atoms with van der Waals surface area (Å²) in [6, 6.07) is 66.5. The van der Waals surface area contributed by atoms with Crippen LogP contribution >= 0.6 is 0 Å². The highest BCUT2D eigenvalue weighted by atomic mass is 16.3. The molecule has 306 valence electrons. The van der Waals surface area contributed by atoms with Gasteiger partial charge in [0.15, 0.2) is 5.82 Å². The molecular weight excluding hydrogens is 777 g/mol. The first-order valence-corrected chi connectivity index (χ1v) is 22.9. The van der Waals surface area contributed by atoms with E-state index in [1.807, 2.05) is 30.3 Å². The summed E-state index contributed by atoms with van der Waals surface area (Å²) < 4.78 is 6.31. The molecule has 0 aliphatic heterocycles. The van der Waals surface area contributed by atoms with Crippen LogP contribution in [0.4, 0.5) is 0 Å². The third kappa shape index (κ3) is 5.66. The van der Waals surface area contributed by atoms with Crippen LogP contribution in [0.25, 0.3) is 100 Å². The van der Waals surface area contributed by atoms with Crippen LogP contribution in [0, 0.1) is 0 Å². The molecular formula is C61H46N2O. The zero-order valence-corrected chi connectivity index (χ0v) is 36.2. The van der Waals surface area contributed by atoms with Crippen molar-refractivity contribution in [2.24, 2.45) is 0 Å². The zero-order chi connectivity index (χ0) is 42.6. The van der Waals surface area contributed by atoms with E-state index in [9.17, 15) is 0 Å². The van der Waals surface area contributed by atoms with Crippen molar-refractivity contribution in [3.05, 3.63) is 204 Å². The van der Waals surface area contributed by atoms with Crippen molar-refractivity contribution in [2.75, 3.05) is 0 Å². The van der Waals surface area contributed by atoms with Crippen molar-refractivity contribution in [1.29, 1.82) is 0 Å². The number of nitrogens with zero attached hydrogens (tertiary/aromatic N) is 2. The van der Waals surface area contributed by atoms with E-state index < -0.39 is 0 Å². The second-order valence-electron chi connectivity index (χ2n) is 18.8. The van der Waals surface area contributed by atoms with E-state index in [0.29, 0.717) is 5.82 Å². The van der Waals surface area contributed by atoms with E-state index in [2.05, 4.69) is 166 Å². The van der Waals surface area contributed by atoms with Crippen LogP contribution in [-0.2, 0) is 10.8 Å².